The second-order valence-electron chi connectivity index (χ2n) is 5.67. The quantitative estimate of drug-likeness (QED) is 0.689. The molecule has 1 N–H and O–H groups in total. The fraction of sp³-hybridized carbons (Fsp3) is 0.158. The average molecular weight is 390 g/mol. The first-order chi connectivity index (χ1) is 12.5. The van der Waals surface area contributed by atoms with Gasteiger partial charge in [-0.15, -0.1) is 0 Å². The van der Waals surface area contributed by atoms with Gasteiger partial charge in [0.25, 0.3) is 5.56 Å². The van der Waals surface area contributed by atoms with E-state index in [1.54, 1.807) is 12.1 Å². The zero-order valence-corrected chi connectivity index (χ0v) is 15.8. The number of rotatable bonds is 5. The van der Waals surface area contributed by atoms with Crippen LogP contribution in [-0.4, -0.2) is 16.7 Å². The first-order valence-electron chi connectivity index (χ1n) is 7.90. The van der Waals surface area contributed by atoms with Crippen LogP contribution in [0.3, 0.4) is 0 Å². The molecule has 0 spiro atoms. The lowest BCUT2D eigenvalue weighted by Crippen LogP contribution is -2.25. The number of nitrogens with zero attached hydrogens (tertiary/aromatic N) is 2. The van der Waals surface area contributed by atoms with E-state index in [-0.39, 0.29) is 17.9 Å². The highest BCUT2D eigenvalue weighted by molar-refractivity contribution is 6.31. The number of nitrogens with one attached hydrogen (secondary N) is 1. The van der Waals surface area contributed by atoms with E-state index >= 15 is 0 Å². The minimum absolute atomic E-state index is 0.158. The fourth-order valence-corrected chi connectivity index (χ4v) is 2.89. The van der Waals surface area contributed by atoms with Crippen molar-refractivity contribution in [3.63, 3.8) is 0 Å². The van der Waals surface area contributed by atoms with Gasteiger partial charge in [0.1, 0.15) is 0 Å². The van der Waals surface area contributed by atoms with Crippen molar-refractivity contribution in [3.8, 4) is 5.75 Å². The summed E-state index contributed by atoms with van der Waals surface area (Å²) in [5, 5.41) is 4.39. The largest absolute Gasteiger partial charge is 0.490 e. The molecule has 1 heterocycles. The molecule has 0 aliphatic heterocycles. The van der Waals surface area contributed by atoms with E-state index in [1.165, 1.54) is 17.9 Å². The number of methoxy groups -OCH3 is 1. The summed E-state index contributed by atoms with van der Waals surface area (Å²) in [5.74, 6) is 0.534. The molecular formula is C19H17Cl2N3O2. The summed E-state index contributed by atoms with van der Waals surface area (Å²) in [6.07, 6.45) is 1.40. The van der Waals surface area contributed by atoms with Crippen molar-refractivity contribution in [2.45, 2.75) is 13.5 Å². The predicted molar refractivity (Wildman–Crippen MR) is 105 cm³/mol. The Hall–Kier alpha value is -2.50. The highest BCUT2D eigenvalue weighted by Crippen LogP contribution is 2.26. The molecule has 0 aliphatic carbocycles. The Kier molecular flexibility index (Phi) is 5.49. The summed E-state index contributed by atoms with van der Waals surface area (Å²) in [7, 11) is 1.44. The van der Waals surface area contributed by atoms with E-state index in [1.807, 2.05) is 37.3 Å². The molecule has 0 radical (unpaired) electrons. The van der Waals surface area contributed by atoms with Gasteiger partial charge < -0.3 is 10.1 Å². The van der Waals surface area contributed by atoms with Crippen LogP contribution in [0.1, 0.15) is 11.1 Å². The third-order valence-electron chi connectivity index (χ3n) is 4.04. The standard InChI is InChI=1S/C19H17Cl2N3O2/c1-12-14(20)8-5-9-16(12)23-19-22-10-17(26-2)18(25)24(19)11-13-6-3-4-7-15(13)21/h3-10H,11H2,1-2H3,(H,22,23). The average Bonchev–Trinajstić information content (AvgIpc) is 2.63. The first kappa shape index (κ1) is 18.3. The first-order valence-corrected chi connectivity index (χ1v) is 8.66. The molecule has 0 amide bonds. The van der Waals surface area contributed by atoms with Crippen molar-refractivity contribution >= 4 is 34.8 Å². The normalized spacial score (nSPS) is 10.6. The van der Waals surface area contributed by atoms with Crippen molar-refractivity contribution in [3.05, 3.63) is 80.2 Å². The zero-order chi connectivity index (χ0) is 18.7. The zero-order valence-electron chi connectivity index (χ0n) is 14.3. The minimum atomic E-state index is -0.301. The van der Waals surface area contributed by atoms with Gasteiger partial charge in [-0.2, -0.15) is 0 Å². The van der Waals surface area contributed by atoms with Crippen LogP contribution >= 0.6 is 23.2 Å². The third-order valence-corrected chi connectivity index (χ3v) is 4.81. The van der Waals surface area contributed by atoms with Gasteiger partial charge in [0.05, 0.1) is 19.9 Å². The van der Waals surface area contributed by atoms with Gasteiger partial charge in [0.15, 0.2) is 0 Å². The van der Waals surface area contributed by atoms with Crippen LogP contribution in [0.5, 0.6) is 5.75 Å². The molecule has 0 atom stereocenters. The van der Waals surface area contributed by atoms with E-state index < -0.39 is 0 Å². The molecule has 0 bridgehead atoms. The van der Waals surface area contributed by atoms with Crippen molar-refractivity contribution in [2.75, 3.05) is 12.4 Å². The SMILES string of the molecule is COc1cnc(Nc2cccc(Cl)c2C)n(Cc2ccccc2Cl)c1=O. The van der Waals surface area contributed by atoms with Crippen LogP contribution in [0.25, 0.3) is 0 Å². The Morgan fingerprint density at radius 2 is 1.85 bits per heavy atom. The summed E-state index contributed by atoms with van der Waals surface area (Å²) in [5.41, 5.74) is 2.13. The van der Waals surface area contributed by atoms with Gasteiger partial charge in [0.2, 0.25) is 11.7 Å². The van der Waals surface area contributed by atoms with E-state index in [2.05, 4.69) is 10.3 Å². The molecule has 0 fully saturated rings. The molecule has 5 nitrogen and oxygen atoms in total. The van der Waals surface area contributed by atoms with Crippen LogP contribution in [0, 0.1) is 6.92 Å². The van der Waals surface area contributed by atoms with E-state index in [4.69, 9.17) is 27.9 Å². The topological polar surface area (TPSA) is 56.1 Å². The summed E-state index contributed by atoms with van der Waals surface area (Å²) in [6, 6.07) is 12.9. The van der Waals surface area contributed by atoms with Gasteiger partial charge >= 0.3 is 0 Å². The highest BCUT2D eigenvalue weighted by Gasteiger charge is 2.14. The Morgan fingerprint density at radius 1 is 1.12 bits per heavy atom. The van der Waals surface area contributed by atoms with Gasteiger partial charge in [-0.1, -0.05) is 47.5 Å². The Labute approximate surface area is 161 Å². The summed E-state index contributed by atoms with van der Waals surface area (Å²) >= 11 is 12.4. The number of hydrogen-bond donors (Lipinski definition) is 1. The molecule has 0 saturated heterocycles. The smallest absolute Gasteiger partial charge is 0.297 e. The van der Waals surface area contributed by atoms with Crippen LogP contribution in [-0.2, 0) is 6.54 Å². The highest BCUT2D eigenvalue weighted by atomic mass is 35.5. The number of halogens is 2. The molecule has 3 rings (SSSR count). The Balaban J connectivity index is 2.08. The fourth-order valence-electron chi connectivity index (χ4n) is 2.52. The molecule has 26 heavy (non-hydrogen) atoms. The number of hydrogen-bond acceptors (Lipinski definition) is 4. The third kappa shape index (κ3) is 3.69. The molecule has 0 unspecified atom stereocenters. The molecule has 3 aromatic rings. The molecule has 7 heteroatoms. The molecular weight excluding hydrogens is 373 g/mol. The van der Waals surface area contributed by atoms with Gasteiger partial charge in [-0.25, -0.2) is 4.98 Å². The second-order valence-corrected chi connectivity index (χ2v) is 6.48. The maximum absolute atomic E-state index is 12.8. The van der Waals surface area contributed by atoms with E-state index in [9.17, 15) is 4.79 Å². The van der Waals surface area contributed by atoms with Crippen LogP contribution in [0.2, 0.25) is 10.0 Å². The lowest BCUT2D eigenvalue weighted by Gasteiger charge is -2.16. The minimum Gasteiger partial charge on any atom is -0.490 e. The monoisotopic (exact) mass is 389 g/mol. The lowest BCUT2D eigenvalue weighted by molar-refractivity contribution is 0.401. The van der Waals surface area contributed by atoms with E-state index in [0.717, 1.165) is 16.8 Å². The van der Waals surface area contributed by atoms with Crippen LogP contribution in [0.4, 0.5) is 11.6 Å². The predicted octanol–water partition coefficient (Wildman–Crippen LogP) is 4.66. The van der Waals surface area contributed by atoms with Crippen molar-refractivity contribution in [1.29, 1.82) is 0 Å². The number of anilines is 2. The van der Waals surface area contributed by atoms with Crippen molar-refractivity contribution in [1.82, 2.24) is 9.55 Å². The maximum atomic E-state index is 12.8. The Bertz CT molecular complexity index is 1000. The summed E-state index contributed by atoms with van der Waals surface area (Å²) < 4.78 is 6.61. The second kappa shape index (κ2) is 7.81. The number of ether oxygens (including phenoxy) is 1. The summed E-state index contributed by atoms with van der Waals surface area (Å²) in [6.45, 7) is 2.15. The van der Waals surface area contributed by atoms with Crippen molar-refractivity contribution < 1.29 is 4.74 Å². The number of aromatic nitrogens is 2. The van der Waals surface area contributed by atoms with Gasteiger partial charge in [-0.3, -0.25) is 9.36 Å². The van der Waals surface area contributed by atoms with Gasteiger partial charge in [0, 0.05) is 15.7 Å². The maximum Gasteiger partial charge on any atom is 0.297 e. The van der Waals surface area contributed by atoms with Crippen LogP contribution in [0.15, 0.2) is 53.5 Å². The molecule has 0 aliphatic rings. The molecule has 0 saturated carbocycles. The van der Waals surface area contributed by atoms with Crippen molar-refractivity contribution in [2.24, 2.45) is 0 Å². The molecule has 2 aromatic carbocycles. The summed E-state index contributed by atoms with van der Waals surface area (Å²) in [4.78, 5) is 17.1. The van der Waals surface area contributed by atoms with E-state index in [0.29, 0.717) is 16.0 Å². The molecule has 134 valence electrons. The van der Waals surface area contributed by atoms with Gasteiger partial charge in [-0.05, 0) is 36.2 Å². The Morgan fingerprint density at radius 3 is 2.58 bits per heavy atom. The lowest BCUT2D eigenvalue weighted by atomic mass is 10.2. The van der Waals surface area contributed by atoms with Crippen LogP contribution < -0.4 is 15.6 Å². The number of benzene rings is 2. The molecule has 1 aromatic heterocycles.